The summed E-state index contributed by atoms with van der Waals surface area (Å²) in [5.41, 5.74) is 3.64. The highest BCUT2D eigenvalue weighted by Gasteiger charge is 2.41. The van der Waals surface area contributed by atoms with E-state index in [4.69, 9.17) is 5.11 Å². The minimum Gasteiger partial charge on any atom is -0.481 e. The minimum absolute atomic E-state index is 0.0785. The molecule has 27 heavy (non-hydrogen) atoms. The highest BCUT2D eigenvalue weighted by atomic mass is 16.4. The third kappa shape index (κ3) is 3.95. The lowest BCUT2D eigenvalue weighted by molar-refractivity contribution is -0.136. The maximum absolute atomic E-state index is 10.7. The number of nitrogens with zero attached hydrogens (tertiary/aromatic N) is 2. The molecule has 4 nitrogen and oxygen atoms in total. The van der Waals surface area contributed by atoms with Crippen molar-refractivity contribution < 1.29 is 9.90 Å². The average molecular weight is 362 g/mol. The number of carboxylic acid groups (broad SMARTS) is 1. The van der Waals surface area contributed by atoms with E-state index in [1.165, 1.54) is 16.6 Å². The second-order valence-corrected chi connectivity index (χ2v) is 7.45. The molecular formula is C23H26N2O2. The number of hydrogen-bond donors (Lipinski definition) is 1. The number of carboxylic acids is 1. The molecule has 1 aliphatic heterocycles. The Morgan fingerprint density at radius 1 is 1.07 bits per heavy atom. The molecule has 2 heterocycles. The maximum Gasteiger partial charge on any atom is 0.305 e. The van der Waals surface area contributed by atoms with Gasteiger partial charge in [-0.05, 0) is 30.7 Å². The molecule has 0 radical (unpaired) electrons. The minimum atomic E-state index is -0.737. The van der Waals surface area contributed by atoms with Crippen LogP contribution < -0.4 is 4.90 Å². The molecule has 1 aliphatic rings. The van der Waals surface area contributed by atoms with Crippen LogP contribution in [0.15, 0.2) is 66.9 Å². The Morgan fingerprint density at radius 2 is 1.74 bits per heavy atom. The lowest BCUT2D eigenvalue weighted by atomic mass is 9.81. The summed E-state index contributed by atoms with van der Waals surface area (Å²) in [5.74, 6) is -0.737. The Morgan fingerprint density at radius 3 is 2.48 bits per heavy atom. The second-order valence-electron chi connectivity index (χ2n) is 7.45. The number of rotatable bonds is 3. The SMILES string of the molecule is CC1N(CCC(=O)O)c2ccccc2C1(C)C.c1ccc2ncccc2c1. The molecule has 1 atom stereocenters. The third-order valence-corrected chi connectivity index (χ3v) is 5.50. The highest BCUT2D eigenvalue weighted by molar-refractivity contribution is 5.77. The smallest absolute Gasteiger partial charge is 0.305 e. The van der Waals surface area contributed by atoms with Crippen molar-refractivity contribution in [2.45, 2.75) is 38.6 Å². The molecule has 0 amide bonds. The maximum atomic E-state index is 10.7. The van der Waals surface area contributed by atoms with Gasteiger partial charge in [-0.3, -0.25) is 9.78 Å². The fraction of sp³-hybridized carbons (Fsp3) is 0.304. The van der Waals surface area contributed by atoms with Gasteiger partial charge >= 0.3 is 5.97 Å². The summed E-state index contributed by atoms with van der Waals surface area (Å²) in [4.78, 5) is 17.1. The van der Waals surface area contributed by atoms with Crippen molar-refractivity contribution in [2.75, 3.05) is 11.4 Å². The Hall–Kier alpha value is -2.88. The van der Waals surface area contributed by atoms with Crippen molar-refractivity contribution in [1.82, 2.24) is 4.98 Å². The number of fused-ring (bicyclic) bond motifs is 2. The number of anilines is 1. The predicted octanol–water partition coefficient (Wildman–Crippen LogP) is 4.88. The lowest BCUT2D eigenvalue weighted by Gasteiger charge is -2.31. The molecule has 4 rings (SSSR count). The number of pyridine rings is 1. The van der Waals surface area contributed by atoms with Gasteiger partial charge in [0, 0.05) is 35.3 Å². The molecule has 1 N–H and O–H groups in total. The first kappa shape index (κ1) is 18.9. The van der Waals surface area contributed by atoms with Gasteiger partial charge in [-0.25, -0.2) is 0 Å². The van der Waals surface area contributed by atoms with Crippen molar-refractivity contribution in [3.8, 4) is 0 Å². The van der Waals surface area contributed by atoms with Gasteiger partial charge in [0.05, 0.1) is 11.9 Å². The van der Waals surface area contributed by atoms with E-state index in [0.717, 1.165) is 5.52 Å². The van der Waals surface area contributed by atoms with Crippen molar-refractivity contribution in [2.24, 2.45) is 0 Å². The van der Waals surface area contributed by atoms with Crippen molar-refractivity contribution >= 4 is 22.6 Å². The van der Waals surface area contributed by atoms with Gasteiger partial charge in [0.25, 0.3) is 0 Å². The number of para-hydroxylation sites is 2. The quantitative estimate of drug-likeness (QED) is 0.721. The average Bonchev–Trinajstić information content (AvgIpc) is 2.87. The fourth-order valence-electron chi connectivity index (χ4n) is 3.64. The van der Waals surface area contributed by atoms with Gasteiger partial charge in [-0.2, -0.15) is 0 Å². The molecule has 1 aromatic heterocycles. The molecule has 0 saturated carbocycles. The number of carbonyl (C=O) groups is 1. The number of hydrogen-bond acceptors (Lipinski definition) is 3. The Labute approximate surface area is 160 Å². The largest absolute Gasteiger partial charge is 0.481 e. The van der Waals surface area contributed by atoms with E-state index >= 15 is 0 Å². The Kier molecular flexibility index (Phi) is 5.45. The van der Waals surface area contributed by atoms with Crippen LogP contribution in [0.25, 0.3) is 10.9 Å². The highest BCUT2D eigenvalue weighted by Crippen LogP contribution is 2.44. The van der Waals surface area contributed by atoms with E-state index in [-0.39, 0.29) is 11.8 Å². The summed E-state index contributed by atoms with van der Waals surface area (Å²) in [5, 5.41) is 10.0. The van der Waals surface area contributed by atoms with Crippen LogP contribution in [0.1, 0.15) is 32.8 Å². The summed E-state index contributed by atoms with van der Waals surface area (Å²) in [6, 6.07) is 20.7. The van der Waals surface area contributed by atoms with Crippen LogP contribution in [-0.4, -0.2) is 28.6 Å². The van der Waals surface area contributed by atoms with Gasteiger partial charge in [0.1, 0.15) is 0 Å². The van der Waals surface area contributed by atoms with E-state index in [1.54, 1.807) is 0 Å². The molecular weight excluding hydrogens is 336 g/mol. The van der Waals surface area contributed by atoms with Gasteiger partial charge in [0.15, 0.2) is 0 Å². The summed E-state index contributed by atoms with van der Waals surface area (Å²) in [6.07, 6.45) is 2.00. The standard InChI is InChI=1S/C14H19NO2.C9H7N/c1-10-14(2,3)11-6-4-5-7-12(11)15(10)9-8-13(16)17;1-2-6-9-8(4-1)5-3-7-10-9/h4-7,10H,8-9H2,1-3H3,(H,16,17);1-7H. The summed E-state index contributed by atoms with van der Waals surface area (Å²) >= 11 is 0. The molecule has 3 aromatic rings. The molecule has 0 aliphatic carbocycles. The zero-order chi connectivity index (χ0) is 19.4. The molecule has 0 spiro atoms. The molecule has 140 valence electrons. The van der Waals surface area contributed by atoms with Crippen LogP contribution in [0, 0.1) is 0 Å². The summed E-state index contributed by atoms with van der Waals surface area (Å²) in [6.45, 7) is 7.19. The monoisotopic (exact) mass is 362 g/mol. The number of aliphatic carboxylic acids is 1. The van der Waals surface area contributed by atoms with Crippen molar-refractivity contribution in [1.29, 1.82) is 0 Å². The van der Waals surface area contributed by atoms with Gasteiger partial charge in [-0.1, -0.05) is 56.3 Å². The van der Waals surface area contributed by atoms with E-state index < -0.39 is 5.97 Å². The first-order valence-corrected chi connectivity index (χ1v) is 9.29. The van der Waals surface area contributed by atoms with Gasteiger partial charge < -0.3 is 10.0 Å². The molecule has 0 bridgehead atoms. The fourth-order valence-corrected chi connectivity index (χ4v) is 3.64. The number of aromatic nitrogens is 1. The van der Waals surface area contributed by atoms with E-state index in [9.17, 15) is 4.79 Å². The molecule has 0 fully saturated rings. The first-order valence-electron chi connectivity index (χ1n) is 9.29. The predicted molar refractivity (Wildman–Crippen MR) is 110 cm³/mol. The molecule has 0 saturated heterocycles. The number of benzene rings is 2. The molecule has 4 heteroatoms. The molecule has 1 unspecified atom stereocenters. The van der Waals surface area contributed by atoms with Gasteiger partial charge in [0.2, 0.25) is 0 Å². The lowest BCUT2D eigenvalue weighted by Crippen LogP contribution is -2.39. The topological polar surface area (TPSA) is 53.4 Å². The summed E-state index contributed by atoms with van der Waals surface area (Å²) in [7, 11) is 0. The van der Waals surface area contributed by atoms with Crippen molar-refractivity contribution in [3.63, 3.8) is 0 Å². The summed E-state index contributed by atoms with van der Waals surface area (Å²) < 4.78 is 0. The van der Waals surface area contributed by atoms with Gasteiger partial charge in [-0.15, -0.1) is 0 Å². The van der Waals surface area contributed by atoms with Crippen LogP contribution in [0.3, 0.4) is 0 Å². The van der Waals surface area contributed by atoms with Crippen LogP contribution in [-0.2, 0) is 10.2 Å². The van der Waals surface area contributed by atoms with Crippen LogP contribution in [0.5, 0.6) is 0 Å². The third-order valence-electron chi connectivity index (χ3n) is 5.50. The molecule has 2 aromatic carbocycles. The Bertz CT molecular complexity index is 871. The normalized spacial score (nSPS) is 17.1. The van der Waals surface area contributed by atoms with E-state index in [0.29, 0.717) is 12.6 Å². The van der Waals surface area contributed by atoms with Crippen LogP contribution >= 0.6 is 0 Å². The van der Waals surface area contributed by atoms with E-state index in [1.807, 2.05) is 42.6 Å². The second kappa shape index (κ2) is 7.78. The Balaban J connectivity index is 0.000000177. The van der Waals surface area contributed by atoms with Crippen LogP contribution in [0.4, 0.5) is 5.69 Å². The van der Waals surface area contributed by atoms with Crippen molar-refractivity contribution in [3.05, 3.63) is 72.4 Å². The first-order chi connectivity index (χ1) is 12.9. The van der Waals surface area contributed by atoms with Crippen LogP contribution in [0.2, 0.25) is 0 Å². The zero-order valence-corrected chi connectivity index (χ0v) is 16.1. The zero-order valence-electron chi connectivity index (χ0n) is 16.1. The van der Waals surface area contributed by atoms with E-state index in [2.05, 4.69) is 54.9 Å².